The Morgan fingerprint density at radius 1 is 1.15 bits per heavy atom. The molecule has 1 aromatic heterocycles. The Bertz CT molecular complexity index is 1330. The number of amides is 1. The fourth-order valence-corrected chi connectivity index (χ4v) is 6.42. The second-order valence-corrected chi connectivity index (χ2v) is 11.1. The highest BCUT2D eigenvalue weighted by atomic mass is 19.4. The second-order valence-electron chi connectivity index (χ2n) is 11.1. The van der Waals surface area contributed by atoms with E-state index in [2.05, 4.69) is 10.3 Å². The summed E-state index contributed by atoms with van der Waals surface area (Å²) in [5, 5.41) is 14.9. The number of aryl methyl sites for hydroxylation is 1. The number of halogens is 3. The number of carbonyl (C=O) groups excluding carboxylic acids is 1. The number of ether oxygens (including phenoxy) is 1. The fourth-order valence-electron chi connectivity index (χ4n) is 6.42. The summed E-state index contributed by atoms with van der Waals surface area (Å²) in [6.45, 7) is 1.66. The van der Waals surface area contributed by atoms with Crippen LogP contribution in [0.15, 0.2) is 60.9 Å². The molecule has 3 atom stereocenters. The number of nitrogens with zero attached hydrogens (tertiary/aromatic N) is 3. The number of hydrogen-bond acceptors (Lipinski definition) is 5. The van der Waals surface area contributed by atoms with Crippen molar-refractivity contribution in [1.82, 2.24) is 19.8 Å². The highest BCUT2D eigenvalue weighted by molar-refractivity contribution is 5.98. The second kappa shape index (κ2) is 12.3. The average Bonchev–Trinajstić information content (AvgIpc) is 3.41. The number of alkyl halides is 3. The van der Waals surface area contributed by atoms with Crippen molar-refractivity contribution < 1.29 is 27.8 Å². The smallest absolute Gasteiger partial charge is 0.385 e. The van der Waals surface area contributed by atoms with Gasteiger partial charge in [-0.15, -0.1) is 0 Å². The number of benzene rings is 2. The van der Waals surface area contributed by atoms with E-state index in [1.807, 2.05) is 34.9 Å². The van der Waals surface area contributed by atoms with Crippen molar-refractivity contribution >= 4 is 5.91 Å². The quantitative estimate of drug-likeness (QED) is 0.394. The van der Waals surface area contributed by atoms with Gasteiger partial charge in [-0.1, -0.05) is 61.4 Å². The predicted molar refractivity (Wildman–Crippen MR) is 149 cm³/mol. The highest BCUT2D eigenvalue weighted by Gasteiger charge is 2.42. The molecular weight excluding hydrogens is 533 g/mol. The van der Waals surface area contributed by atoms with Gasteiger partial charge in [0.1, 0.15) is 5.60 Å². The summed E-state index contributed by atoms with van der Waals surface area (Å²) < 4.78 is 48.1. The number of piperazine rings is 1. The molecule has 10 heteroatoms. The summed E-state index contributed by atoms with van der Waals surface area (Å²) >= 11 is 0. The third kappa shape index (κ3) is 6.19. The normalized spacial score (nSPS) is 23.5. The van der Waals surface area contributed by atoms with Crippen LogP contribution < -0.4 is 5.32 Å². The molecule has 3 aromatic rings. The van der Waals surface area contributed by atoms with E-state index in [1.165, 1.54) is 12.1 Å². The van der Waals surface area contributed by atoms with E-state index in [4.69, 9.17) is 4.74 Å². The summed E-state index contributed by atoms with van der Waals surface area (Å²) in [4.78, 5) is 20.5. The maximum absolute atomic E-state index is 14.2. The zero-order valence-electron chi connectivity index (χ0n) is 23.2. The van der Waals surface area contributed by atoms with E-state index in [9.17, 15) is 23.1 Å². The third-order valence-corrected chi connectivity index (χ3v) is 8.41. The molecule has 1 saturated heterocycles. The number of nitrogens with one attached hydrogen (secondary N) is 1. The molecule has 7 nitrogen and oxygen atoms in total. The van der Waals surface area contributed by atoms with E-state index < -0.39 is 17.3 Å². The molecule has 5 rings (SSSR count). The van der Waals surface area contributed by atoms with Crippen LogP contribution in [0.2, 0.25) is 0 Å². The van der Waals surface area contributed by atoms with E-state index in [0.29, 0.717) is 38.2 Å². The van der Waals surface area contributed by atoms with E-state index in [-0.39, 0.29) is 42.3 Å². The first-order chi connectivity index (χ1) is 19.7. The lowest BCUT2D eigenvalue weighted by Crippen LogP contribution is -2.54. The summed E-state index contributed by atoms with van der Waals surface area (Å²) in [7, 11) is 1.57. The molecule has 2 fully saturated rings. The van der Waals surface area contributed by atoms with Crippen LogP contribution in [0, 0.1) is 0 Å². The van der Waals surface area contributed by atoms with Gasteiger partial charge in [-0.2, -0.15) is 13.2 Å². The van der Waals surface area contributed by atoms with Crippen LogP contribution in [0.1, 0.15) is 59.8 Å². The average molecular weight is 571 g/mol. The Morgan fingerprint density at radius 2 is 1.90 bits per heavy atom. The van der Waals surface area contributed by atoms with E-state index >= 15 is 0 Å². The topological polar surface area (TPSA) is 79.6 Å². The number of aliphatic hydroxyl groups is 1. The number of carbonyl (C=O) groups is 1. The van der Waals surface area contributed by atoms with Crippen molar-refractivity contribution in [1.29, 1.82) is 0 Å². The van der Waals surface area contributed by atoms with Crippen LogP contribution in [-0.4, -0.2) is 70.5 Å². The van der Waals surface area contributed by atoms with Gasteiger partial charge in [0.2, 0.25) is 0 Å². The van der Waals surface area contributed by atoms with E-state index in [1.54, 1.807) is 24.4 Å². The molecule has 1 amide bonds. The van der Waals surface area contributed by atoms with Crippen LogP contribution in [0.25, 0.3) is 11.3 Å². The molecule has 41 heavy (non-hydrogen) atoms. The van der Waals surface area contributed by atoms with Gasteiger partial charge >= 0.3 is 6.18 Å². The maximum atomic E-state index is 14.2. The number of imidazole rings is 1. The van der Waals surface area contributed by atoms with Crippen molar-refractivity contribution in [2.24, 2.45) is 0 Å². The standard InChI is InChI=1S/C31H37F3N4O3/c1-41-20-30(40)16-8-7-13-26(30)38-21-36-27(28(38)23-10-3-2-4-11-23)29(39)37-18-17-35-19-24(37)15-14-22-9-5-6-12-25(22)31(32,33)34/h2-6,9-12,21,24,26,35,40H,7-8,13-20H2,1H3/t24-,26-,30-/m1/s1. The number of aromatic nitrogens is 2. The molecule has 1 aliphatic heterocycles. The molecule has 220 valence electrons. The molecule has 0 unspecified atom stereocenters. The monoisotopic (exact) mass is 570 g/mol. The predicted octanol–water partition coefficient (Wildman–Crippen LogP) is 5.11. The lowest BCUT2D eigenvalue weighted by Gasteiger charge is -2.41. The van der Waals surface area contributed by atoms with Gasteiger partial charge in [0.05, 0.1) is 30.2 Å². The number of rotatable bonds is 8. The van der Waals surface area contributed by atoms with Gasteiger partial charge in [0.15, 0.2) is 5.69 Å². The van der Waals surface area contributed by atoms with Gasteiger partial charge in [0.25, 0.3) is 5.91 Å². The minimum atomic E-state index is -4.43. The molecule has 0 radical (unpaired) electrons. The fraction of sp³-hybridized carbons (Fsp3) is 0.484. The van der Waals surface area contributed by atoms with Gasteiger partial charge in [-0.3, -0.25) is 4.79 Å². The Balaban J connectivity index is 1.47. The summed E-state index contributed by atoms with van der Waals surface area (Å²) in [6.07, 6.45) is 0.907. The van der Waals surface area contributed by atoms with E-state index in [0.717, 1.165) is 30.9 Å². The zero-order chi connectivity index (χ0) is 29.0. The number of hydrogen-bond donors (Lipinski definition) is 2. The Kier molecular flexibility index (Phi) is 8.82. The maximum Gasteiger partial charge on any atom is 0.416 e. The summed E-state index contributed by atoms with van der Waals surface area (Å²) in [5.74, 6) is -0.260. The van der Waals surface area contributed by atoms with Crippen molar-refractivity contribution in [3.63, 3.8) is 0 Å². The largest absolute Gasteiger partial charge is 0.416 e. The van der Waals surface area contributed by atoms with Crippen molar-refractivity contribution in [3.8, 4) is 11.3 Å². The number of methoxy groups -OCH3 is 1. The molecule has 0 spiro atoms. The van der Waals surface area contributed by atoms with Gasteiger partial charge in [0, 0.05) is 38.3 Å². The Labute approximate surface area is 238 Å². The van der Waals surface area contributed by atoms with Crippen LogP contribution >= 0.6 is 0 Å². The lowest BCUT2D eigenvalue weighted by atomic mass is 9.80. The van der Waals surface area contributed by atoms with Crippen molar-refractivity contribution in [2.75, 3.05) is 33.4 Å². The van der Waals surface area contributed by atoms with Crippen LogP contribution in [0.3, 0.4) is 0 Å². The molecule has 1 aliphatic carbocycles. The third-order valence-electron chi connectivity index (χ3n) is 8.41. The minimum Gasteiger partial charge on any atom is -0.385 e. The van der Waals surface area contributed by atoms with Gasteiger partial charge in [-0.05, 0) is 37.3 Å². The Morgan fingerprint density at radius 3 is 2.66 bits per heavy atom. The minimum absolute atomic E-state index is 0.173. The summed E-state index contributed by atoms with van der Waals surface area (Å²) in [6, 6.07) is 14.5. The zero-order valence-corrected chi connectivity index (χ0v) is 23.2. The highest BCUT2D eigenvalue weighted by Crippen LogP contribution is 2.41. The molecular formula is C31H37F3N4O3. The van der Waals surface area contributed by atoms with Gasteiger partial charge < -0.3 is 24.6 Å². The summed E-state index contributed by atoms with van der Waals surface area (Å²) in [5.41, 5.74) is 0.219. The van der Waals surface area contributed by atoms with Crippen LogP contribution in [0.4, 0.5) is 13.2 Å². The molecule has 0 bridgehead atoms. The molecule has 2 heterocycles. The van der Waals surface area contributed by atoms with Gasteiger partial charge in [-0.25, -0.2) is 4.98 Å². The van der Waals surface area contributed by atoms with Crippen molar-refractivity contribution in [3.05, 3.63) is 77.7 Å². The van der Waals surface area contributed by atoms with Crippen molar-refractivity contribution in [2.45, 2.75) is 62.4 Å². The first-order valence-corrected chi connectivity index (χ1v) is 14.2. The molecule has 2 N–H and O–H groups in total. The van der Waals surface area contributed by atoms with Crippen LogP contribution in [-0.2, 0) is 17.3 Å². The molecule has 2 aliphatic rings. The SMILES string of the molecule is COC[C@]1(O)CCCC[C@H]1n1cnc(C(=O)N2CCNC[C@H]2CCc2ccccc2C(F)(F)F)c1-c1ccccc1. The Hall–Kier alpha value is -3.21. The lowest BCUT2D eigenvalue weighted by molar-refractivity contribution is -0.138. The molecule has 2 aromatic carbocycles. The molecule has 1 saturated carbocycles. The van der Waals surface area contributed by atoms with Crippen LogP contribution in [0.5, 0.6) is 0 Å². The first kappa shape index (κ1) is 29.3. The first-order valence-electron chi connectivity index (χ1n) is 14.2.